The van der Waals surface area contributed by atoms with E-state index < -0.39 is 11.9 Å². The molecule has 4 rings (SSSR count). The third-order valence-electron chi connectivity index (χ3n) is 6.60. The summed E-state index contributed by atoms with van der Waals surface area (Å²) in [5.41, 5.74) is 1.95. The minimum absolute atomic E-state index is 0.111. The first-order chi connectivity index (χ1) is 17.4. The minimum atomic E-state index is -0.759. The number of carbonyl (C=O) groups excluding carboxylic acids is 2. The van der Waals surface area contributed by atoms with E-state index in [2.05, 4.69) is 21.2 Å². The van der Waals surface area contributed by atoms with Gasteiger partial charge in [-0.2, -0.15) is 0 Å². The van der Waals surface area contributed by atoms with E-state index in [4.69, 9.17) is 11.6 Å². The van der Waals surface area contributed by atoms with Crippen LogP contribution < -0.4 is 5.32 Å². The molecule has 3 aromatic rings. The normalized spacial score (nSPS) is 14.4. The van der Waals surface area contributed by atoms with Gasteiger partial charge in [-0.15, -0.1) is 0 Å². The van der Waals surface area contributed by atoms with Crippen LogP contribution in [0.5, 0.6) is 0 Å². The van der Waals surface area contributed by atoms with Gasteiger partial charge in [0.1, 0.15) is 11.9 Å². The molecule has 0 unspecified atom stereocenters. The van der Waals surface area contributed by atoms with Crippen LogP contribution >= 0.6 is 27.5 Å². The van der Waals surface area contributed by atoms with Crippen LogP contribution in [0.15, 0.2) is 77.3 Å². The van der Waals surface area contributed by atoms with Crippen LogP contribution in [-0.2, 0) is 29.0 Å². The molecule has 0 spiro atoms. The molecule has 3 aromatic carbocycles. The molecule has 0 bridgehead atoms. The Morgan fingerprint density at radius 1 is 1.00 bits per heavy atom. The molecule has 1 N–H and O–H groups in total. The summed E-state index contributed by atoms with van der Waals surface area (Å²) in [7, 11) is 0. The highest BCUT2D eigenvalue weighted by Gasteiger charge is 2.32. The van der Waals surface area contributed by atoms with Gasteiger partial charge in [-0.25, -0.2) is 4.39 Å². The van der Waals surface area contributed by atoms with E-state index in [1.807, 2.05) is 54.6 Å². The van der Waals surface area contributed by atoms with Crippen LogP contribution in [0, 0.1) is 5.82 Å². The summed E-state index contributed by atoms with van der Waals surface area (Å²) in [5, 5.41) is 3.37. The van der Waals surface area contributed by atoms with Crippen molar-refractivity contribution >= 4 is 39.3 Å². The zero-order chi connectivity index (χ0) is 25.5. The van der Waals surface area contributed by atoms with E-state index >= 15 is 0 Å². The quantitative estimate of drug-likeness (QED) is 0.319. The Balaban J connectivity index is 1.69. The maximum Gasteiger partial charge on any atom is 0.243 e. The molecule has 0 heterocycles. The lowest BCUT2D eigenvalue weighted by Crippen LogP contribution is -2.52. The molecular weight excluding hydrogens is 543 g/mol. The van der Waals surface area contributed by atoms with Gasteiger partial charge >= 0.3 is 0 Å². The van der Waals surface area contributed by atoms with Gasteiger partial charge in [0.25, 0.3) is 0 Å². The van der Waals surface area contributed by atoms with E-state index in [0.717, 1.165) is 41.3 Å². The largest absolute Gasteiger partial charge is 0.352 e. The number of carbonyl (C=O) groups is 2. The number of hydrogen-bond donors (Lipinski definition) is 1. The van der Waals surface area contributed by atoms with E-state index in [1.165, 1.54) is 12.1 Å². The highest BCUT2D eigenvalue weighted by atomic mass is 79.9. The van der Waals surface area contributed by atoms with Crippen molar-refractivity contribution in [2.75, 3.05) is 0 Å². The van der Waals surface area contributed by atoms with Crippen LogP contribution in [0.2, 0.25) is 5.02 Å². The Morgan fingerprint density at radius 3 is 2.39 bits per heavy atom. The summed E-state index contributed by atoms with van der Waals surface area (Å²) in [6.45, 7) is 0.208. The van der Waals surface area contributed by atoms with Crippen LogP contribution in [0.3, 0.4) is 0 Å². The zero-order valence-corrected chi connectivity index (χ0v) is 22.3. The molecule has 188 valence electrons. The second-order valence-corrected chi connectivity index (χ2v) is 10.5. The highest BCUT2D eigenvalue weighted by molar-refractivity contribution is 9.10. The van der Waals surface area contributed by atoms with Crippen LogP contribution in [0.4, 0.5) is 4.39 Å². The number of nitrogens with one attached hydrogen (secondary N) is 1. The molecule has 7 heteroatoms. The summed E-state index contributed by atoms with van der Waals surface area (Å²) in [6, 6.07) is 21.0. The highest BCUT2D eigenvalue weighted by Crippen LogP contribution is 2.24. The molecule has 0 aromatic heterocycles. The maximum atomic E-state index is 14.6. The van der Waals surface area contributed by atoms with E-state index in [-0.39, 0.29) is 41.4 Å². The lowest BCUT2D eigenvalue weighted by atomic mass is 10.0. The lowest BCUT2D eigenvalue weighted by Gasteiger charge is -2.32. The molecule has 4 nitrogen and oxygen atoms in total. The summed E-state index contributed by atoms with van der Waals surface area (Å²) < 4.78 is 15.5. The Labute approximate surface area is 225 Å². The van der Waals surface area contributed by atoms with E-state index in [1.54, 1.807) is 11.0 Å². The van der Waals surface area contributed by atoms with E-state index in [9.17, 15) is 14.0 Å². The Kier molecular flexibility index (Phi) is 9.16. The van der Waals surface area contributed by atoms with Gasteiger partial charge in [0.05, 0.1) is 6.42 Å². The Hall–Kier alpha value is -2.70. The molecule has 1 saturated carbocycles. The second kappa shape index (κ2) is 12.5. The van der Waals surface area contributed by atoms with Gasteiger partial charge in [-0.3, -0.25) is 9.59 Å². The first kappa shape index (κ1) is 26.4. The molecule has 0 radical (unpaired) electrons. The Bertz CT molecular complexity index is 1180. The van der Waals surface area contributed by atoms with Crippen molar-refractivity contribution in [3.8, 4) is 0 Å². The standard InChI is InChI=1S/C29H29BrClFN2O2/c30-22-11-6-10-21(16-22)19-34(28(35)18-24-25(31)14-7-15-26(24)32)27(17-20-8-2-1-3-9-20)29(36)33-23-12-4-5-13-23/h1-3,6-11,14-16,23,27H,4-5,12-13,17-19H2,(H,33,36)/t27-/m0/s1. The fraction of sp³-hybridized carbons (Fsp3) is 0.310. The summed E-state index contributed by atoms with van der Waals surface area (Å²) in [5.74, 6) is -1.08. The fourth-order valence-corrected chi connectivity index (χ4v) is 5.38. The first-order valence-electron chi connectivity index (χ1n) is 12.2. The Morgan fingerprint density at radius 2 is 1.69 bits per heavy atom. The average Bonchev–Trinajstić information content (AvgIpc) is 3.37. The van der Waals surface area contributed by atoms with E-state index in [0.29, 0.717) is 6.42 Å². The van der Waals surface area contributed by atoms with Crippen molar-refractivity contribution < 1.29 is 14.0 Å². The second-order valence-electron chi connectivity index (χ2n) is 9.22. The third-order valence-corrected chi connectivity index (χ3v) is 7.45. The van der Waals surface area contributed by atoms with Gasteiger partial charge in [-0.1, -0.05) is 88.9 Å². The number of nitrogens with zero attached hydrogens (tertiary/aromatic N) is 1. The van der Waals surface area contributed by atoms with Crippen molar-refractivity contribution in [2.45, 2.75) is 57.2 Å². The van der Waals surface area contributed by atoms with Crippen LogP contribution in [0.1, 0.15) is 42.4 Å². The average molecular weight is 572 g/mol. The molecule has 0 saturated heterocycles. The molecule has 1 aliphatic carbocycles. The van der Waals surface area contributed by atoms with Gasteiger partial charge in [0.2, 0.25) is 11.8 Å². The SMILES string of the molecule is O=C(NC1CCCC1)[C@H](Cc1ccccc1)N(Cc1cccc(Br)c1)C(=O)Cc1c(F)cccc1Cl. The predicted molar refractivity (Wildman–Crippen MR) is 144 cm³/mol. The van der Waals surface area contributed by atoms with Gasteiger partial charge in [0, 0.05) is 34.1 Å². The number of hydrogen-bond acceptors (Lipinski definition) is 2. The predicted octanol–water partition coefficient (Wildman–Crippen LogP) is 6.48. The first-order valence-corrected chi connectivity index (χ1v) is 13.4. The summed E-state index contributed by atoms with van der Waals surface area (Å²) in [4.78, 5) is 29.0. The van der Waals surface area contributed by atoms with Crippen molar-refractivity contribution in [3.05, 3.63) is 105 Å². The van der Waals surface area contributed by atoms with Gasteiger partial charge in [0.15, 0.2) is 0 Å². The molecule has 2 amide bonds. The molecule has 1 atom stereocenters. The van der Waals surface area contributed by atoms with Crippen LogP contribution in [-0.4, -0.2) is 28.8 Å². The third kappa shape index (κ3) is 6.95. The minimum Gasteiger partial charge on any atom is -0.352 e. The monoisotopic (exact) mass is 570 g/mol. The summed E-state index contributed by atoms with van der Waals surface area (Å²) >= 11 is 9.74. The number of amides is 2. The molecule has 1 aliphatic rings. The summed E-state index contributed by atoms with van der Waals surface area (Å²) in [6.07, 6.45) is 4.16. The molecule has 36 heavy (non-hydrogen) atoms. The number of benzene rings is 3. The maximum absolute atomic E-state index is 14.6. The van der Waals surface area contributed by atoms with Crippen molar-refractivity contribution in [1.82, 2.24) is 10.2 Å². The van der Waals surface area contributed by atoms with Crippen molar-refractivity contribution in [1.29, 1.82) is 0 Å². The number of halogens is 3. The van der Waals surface area contributed by atoms with Gasteiger partial charge < -0.3 is 10.2 Å². The fourth-order valence-electron chi connectivity index (χ4n) is 4.71. The molecular formula is C29H29BrClFN2O2. The molecule has 1 fully saturated rings. The van der Waals surface area contributed by atoms with Crippen molar-refractivity contribution in [3.63, 3.8) is 0 Å². The molecule has 0 aliphatic heterocycles. The smallest absolute Gasteiger partial charge is 0.243 e. The lowest BCUT2D eigenvalue weighted by molar-refractivity contribution is -0.141. The zero-order valence-electron chi connectivity index (χ0n) is 19.9. The van der Waals surface area contributed by atoms with Gasteiger partial charge in [-0.05, 0) is 48.2 Å². The number of rotatable bonds is 9. The van der Waals surface area contributed by atoms with Crippen LogP contribution in [0.25, 0.3) is 0 Å². The van der Waals surface area contributed by atoms with Crippen molar-refractivity contribution in [2.24, 2.45) is 0 Å². The topological polar surface area (TPSA) is 49.4 Å².